The highest BCUT2D eigenvalue weighted by atomic mass is 19.1. The van der Waals surface area contributed by atoms with Crippen molar-refractivity contribution in [1.82, 2.24) is 5.32 Å². The molecule has 0 radical (unpaired) electrons. The second-order valence-electron chi connectivity index (χ2n) is 7.46. The van der Waals surface area contributed by atoms with Gasteiger partial charge in [0.15, 0.2) is 0 Å². The maximum Gasteiger partial charge on any atom is 0.272 e. The molecule has 162 valence electrons. The van der Waals surface area contributed by atoms with Crippen LogP contribution in [0.3, 0.4) is 0 Å². The largest absolute Gasteiger partial charge is 0.327 e. The second kappa shape index (κ2) is 9.09. The average Bonchev–Trinajstić information content (AvgIpc) is 2.90. The number of amides is 2. The highest BCUT2D eigenvalue weighted by Crippen LogP contribution is 2.27. The molecule has 2 amide bonds. The molecule has 1 heterocycles. The number of para-hydroxylation sites is 1. The number of nitrogens with zero attached hydrogens (tertiary/aromatic N) is 2. The monoisotopic (exact) mass is 433 g/mol. The molecule has 4 rings (SSSR count). The van der Waals surface area contributed by atoms with Crippen LogP contribution in [0.4, 0.5) is 14.5 Å². The Labute approximate surface area is 184 Å². The van der Waals surface area contributed by atoms with E-state index in [2.05, 4.69) is 10.3 Å². The molecule has 5 nitrogen and oxygen atoms in total. The molecule has 1 aliphatic heterocycles. The number of nitrogens with one attached hydrogen (secondary N) is 1. The highest BCUT2D eigenvalue weighted by Gasteiger charge is 2.30. The fourth-order valence-corrected chi connectivity index (χ4v) is 3.64. The molecule has 32 heavy (non-hydrogen) atoms. The van der Waals surface area contributed by atoms with Crippen LogP contribution in [0, 0.1) is 11.6 Å². The number of benzodiazepines with no additional fused rings is 1. The summed E-state index contributed by atoms with van der Waals surface area (Å²) in [6.45, 7) is 0. The van der Waals surface area contributed by atoms with E-state index in [1.165, 1.54) is 11.0 Å². The number of hydrogen-bond acceptors (Lipinski definition) is 3. The minimum Gasteiger partial charge on any atom is -0.327 e. The van der Waals surface area contributed by atoms with E-state index in [0.717, 1.165) is 23.3 Å². The van der Waals surface area contributed by atoms with Crippen LogP contribution in [0.15, 0.2) is 77.8 Å². The minimum absolute atomic E-state index is 0.0703. The van der Waals surface area contributed by atoms with Gasteiger partial charge in [0, 0.05) is 30.7 Å². The van der Waals surface area contributed by atoms with Crippen LogP contribution in [0.5, 0.6) is 0 Å². The molecule has 0 saturated carbocycles. The van der Waals surface area contributed by atoms with Crippen molar-refractivity contribution >= 4 is 23.2 Å². The van der Waals surface area contributed by atoms with Gasteiger partial charge in [-0.1, -0.05) is 54.6 Å². The first-order valence-corrected chi connectivity index (χ1v) is 10.2. The fourth-order valence-electron chi connectivity index (χ4n) is 3.64. The summed E-state index contributed by atoms with van der Waals surface area (Å²) in [6.07, 6.45) is -1.13. The van der Waals surface area contributed by atoms with Gasteiger partial charge in [-0.25, -0.2) is 13.8 Å². The van der Waals surface area contributed by atoms with Crippen molar-refractivity contribution in [3.63, 3.8) is 0 Å². The summed E-state index contributed by atoms with van der Waals surface area (Å²) in [5.41, 5.74) is 3.10. The van der Waals surface area contributed by atoms with Gasteiger partial charge in [0.05, 0.1) is 11.4 Å². The molecule has 7 heteroatoms. The van der Waals surface area contributed by atoms with Gasteiger partial charge in [-0.2, -0.15) is 0 Å². The van der Waals surface area contributed by atoms with Crippen LogP contribution in [0.2, 0.25) is 0 Å². The third-order valence-electron chi connectivity index (χ3n) is 5.32. The van der Waals surface area contributed by atoms with Gasteiger partial charge in [0.2, 0.25) is 12.1 Å². The number of anilines is 1. The molecule has 1 aliphatic rings. The van der Waals surface area contributed by atoms with Gasteiger partial charge in [0.1, 0.15) is 11.6 Å². The Morgan fingerprint density at radius 1 is 1.03 bits per heavy atom. The summed E-state index contributed by atoms with van der Waals surface area (Å²) in [6, 6.07) is 20.1. The van der Waals surface area contributed by atoms with Crippen molar-refractivity contribution in [2.75, 3.05) is 11.9 Å². The summed E-state index contributed by atoms with van der Waals surface area (Å²) in [5, 5.41) is 2.66. The maximum atomic E-state index is 13.9. The van der Waals surface area contributed by atoms with Gasteiger partial charge in [-0.05, 0) is 24.1 Å². The molecule has 3 aromatic rings. The Morgan fingerprint density at radius 3 is 2.50 bits per heavy atom. The molecule has 1 atom stereocenters. The number of likely N-dealkylation sites (N-methyl/N-ethyl adjacent to an activating group) is 1. The zero-order chi connectivity index (χ0) is 22.7. The van der Waals surface area contributed by atoms with E-state index >= 15 is 0 Å². The summed E-state index contributed by atoms with van der Waals surface area (Å²) in [5.74, 6) is -2.22. The number of hydrogen-bond donors (Lipinski definition) is 1. The Hall–Kier alpha value is -3.87. The SMILES string of the molecule is CN1C(=O)[C@H](NC(=O)CCc2ccc(F)cc2F)N=C(c2ccccc2)c2ccccc21. The summed E-state index contributed by atoms with van der Waals surface area (Å²) < 4.78 is 26.9. The quantitative estimate of drug-likeness (QED) is 0.664. The van der Waals surface area contributed by atoms with Crippen molar-refractivity contribution in [2.45, 2.75) is 19.0 Å². The Morgan fingerprint density at radius 2 is 1.75 bits per heavy atom. The van der Waals surface area contributed by atoms with Gasteiger partial charge >= 0.3 is 0 Å². The average molecular weight is 433 g/mol. The zero-order valence-corrected chi connectivity index (χ0v) is 17.4. The molecule has 0 unspecified atom stereocenters. The number of aryl methyl sites for hydroxylation is 1. The molecule has 0 aliphatic carbocycles. The standard InChI is InChI=1S/C25H21F2N3O2/c1-30-21-10-6-5-9-19(21)23(17-7-3-2-4-8-17)29-24(25(30)32)28-22(31)14-12-16-11-13-18(26)15-20(16)27/h2-11,13,15,24H,12,14H2,1H3,(H,28,31)/t24-/m1/s1. The van der Waals surface area contributed by atoms with Gasteiger partial charge in [-0.3, -0.25) is 9.59 Å². The summed E-state index contributed by atoms with van der Waals surface area (Å²) >= 11 is 0. The molecule has 0 bridgehead atoms. The number of rotatable bonds is 5. The lowest BCUT2D eigenvalue weighted by Gasteiger charge is -2.20. The first-order valence-electron chi connectivity index (χ1n) is 10.2. The van der Waals surface area contributed by atoms with Crippen molar-refractivity contribution < 1.29 is 18.4 Å². The van der Waals surface area contributed by atoms with E-state index in [0.29, 0.717) is 11.4 Å². The molecular formula is C25H21F2N3O2. The second-order valence-corrected chi connectivity index (χ2v) is 7.46. The third-order valence-corrected chi connectivity index (χ3v) is 5.32. The Kier molecular flexibility index (Phi) is 6.07. The molecular weight excluding hydrogens is 412 g/mol. The van der Waals surface area contributed by atoms with Crippen molar-refractivity contribution in [3.05, 3.63) is 101 Å². The Balaban J connectivity index is 1.60. The lowest BCUT2D eigenvalue weighted by molar-refractivity contribution is -0.127. The maximum absolute atomic E-state index is 13.9. The van der Waals surface area contributed by atoms with Gasteiger partial charge in [0.25, 0.3) is 5.91 Å². The molecule has 3 aromatic carbocycles. The molecule has 0 aromatic heterocycles. The number of halogens is 2. The predicted molar refractivity (Wildman–Crippen MR) is 119 cm³/mol. The molecule has 0 fully saturated rings. The van der Waals surface area contributed by atoms with E-state index in [9.17, 15) is 18.4 Å². The van der Waals surface area contributed by atoms with Crippen LogP contribution >= 0.6 is 0 Å². The smallest absolute Gasteiger partial charge is 0.272 e. The van der Waals surface area contributed by atoms with Crippen molar-refractivity contribution in [3.8, 4) is 0 Å². The van der Waals surface area contributed by atoms with Gasteiger partial charge < -0.3 is 10.2 Å². The van der Waals surface area contributed by atoms with E-state index in [1.54, 1.807) is 7.05 Å². The van der Waals surface area contributed by atoms with E-state index in [-0.39, 0.29) is 24.3 Å². The number of aliphatic imine (C=N–C) groups is 1. The number of fused-ring (bicyclic) bond motifs is 1. The summed E-state index contributed by atoms with van der Waals surface area (Å²) in [7, 11) is 1.64. The lowest BCUT2D eigenvalue weighted by atomic mass is 10.0. The van der Waals surface area contributed by atoms with Crippen LogP contribution in [-0.2, 0) is 16.0 Å². The molecule has 0 spiro atoms. The predicted octanol–water partition coefficient (Wildman–Crippen LogP) is 3.85. The summed E-state index contributed by atoms with van der Waals surface area (Å²) in [4.78, 5) is 31.8. The van der Waals surface area contributed by atoms with E-state index < -0.39 is 23.7 Å². The number of carbonyl (C=O) groups is 2. The molecule has 0 saturated heterocycles. The van der Waals surface area contributed by atoms with E-state index in [1.807, 2.05) is 54.6 Å². The van der Waals surface area contributed by atoms with Crippen LogP contribution in [0.1, 0.15) is 23.1 Å². The van der Waals surface area contributed by atoms with Crippen molar-refractivity contribution in [2.24, 2.45) is 4.99 Å². The lowest BCUT2D eigenvalue weighted by Crippen LogP contribution is -2.46. The van der Waals surface area contributed by atoms with E-state index in [4.69, 9.17) is 0 Å². The van der Waals surface area contributed by atoms with Crippen molar-refractivity contribution in [1.29, 1.82) is 0 Å². The van der Waals surface area contributed by atoms with Crippen LogP contribution < -0.4 is 10.2 Å². The normalized spacial score (nSPS) is 15.6. The molecule has 1 N–H and O–H groups in total. The topological polar surface area (TPSA) is 61.8 Å². The number of carbonyl (C=O) groups excluding carboxylic acids is 2. The number of benzene rings is 3. The Bertz CT molecular complexity index is 1190. The third kappa shape index (κ3) is 4.42. The first-order chi connectivity index (χ1) is 15.4. The highest BCUT2D eigenvalue weighted by molar-refractivity contribution is 6.20. The van der Waals surface area contributed by atoms with Crippen LogP contribution in [-0.4, -0.2) is 30.7 Å². The van der Waals surface area contributed by atoms with Gasteiger partial charge in [-0.15, -0.1) is 0 Å². The zero-order valence-electron chi connectivity index (χ0n) is 17.4. The fraction of sp³-hybridized carbons (Fsp3) is 0.160. The minimum atomic E-state index is -1.13. The first kappa shape index (κ1) is 21.4. The van der Waals surface area contributed by atoms with Crippen LogP contribution in [0.25, 0.3) is 0 Å².